The molecule has 0 aliphatic heterocycles. The zero-order valence-electron chi connectivity index (χ0n) is 12.1. The van der Waals surface area contributed by atoms with Crippen molar-refractivity contribution in [1.29, 1.82) is 0 Å². The Kier molecular flexibility index (Phi) is 5.35. The molecule has 0 saturated carbocycles. The van der Waals surface area contributed by atoms with Crippen LogP contribution < -0.4 is 5.73 Å². The molecule has 0 aromatic heterocycles. The standard InChI is InChI=1S/C17H21BrN2/c1-13-8-14(10-19)6-7-16(13)12-20(2)11-15-4-3-5-17(18)9-15/h3-9H,10-12,19H2,1-2H3. The van der Waals surface area contributed by atoms with Gasteiger partial charge in [-0.1, -0.05) is 46.3 Å². The predicted molar refractivity (Wildman–Crippen MR) is 88.4 cm³/mol. The Hall–Kier alpha value is -1.16. The van der Waals surface area contributed by atoms with Crippen LogP contribution in [0, 0.1) is 6.92 Å². The molecule has 0 saturated heterocycles. The van der Waals surface area contributed by atoms with Crippen LogP contribution in [-0.2, 0) is 19.6 Å². The Balaban J connectivity index is 2.02. The quantitative estimate of drug-likeness (QED) is 0.901. The van der Waals surface area contributed by atoms with Gasteiger partial charge in [-0.2, -0.15) is 0 Å². The Labute approximate surface area is 129 Å². The molecule has 0 aliphatic carbocycles. The lowest BCUT2D eigenvalue weighted by Gasteiger charge is -2.18. The van der Waals surface area contributed by atoms with E-state index in [0.717, 1.165) is 17.6 Å². The molecule has 0 spiro atoms. The summed E-state index contributed by atoms with van der Waals surface area (Å²) in [6.45, 7) is 4.65. The lowest BCUT2D eigenvalue weighted by atomic mass is 10.0. The Bertz CT molecular complexity index is 581. The maximum Gasteiger partial charge on any atom is 0.0236 e. The van der Waals surface area contributed by atoms with Crippen LogP contribution in [0.5, 0.6) is 0 Å². The fourth-order valence-corrected chi connectivity index (χ4v) is 2.80. The molecule has 0 bridgehead atoms. The molecule has 2 aromatic rings. The summed E-state index contributed by atoms with van der Waals surface area (Å²) >= 11 is 3.52. The number of hydrogen-bond donors (Lipinski definition) is 1. The largest absolute Gasteiger partial charge is 0.326 e. The second-order valence-electron chi connectivity index (χ2n) is 5.27. The summed E-state index contributed by atoms with van der Waals surface area (Å²) in [6.07, 6.45) is 0. The molecule has 2 N–H and O–H groups in total. The first-order valence-corrected chi connectivity index (χ1v) is 7.59. The maximum absolute atomic E-state index is 5.67. The first-order valence-electron chi connectivity index (χ1n) is 6.80. The van der Waals surface area contributed by atoms with Gasteiger partial charge in [0, 0.05) is 24.1 Å². The number of halogens is 1. The van der Waals surface area contributed by atoms with Crippen LogP contribution in [0.2, 0.25) is 0 Å². The van der Waals surface area contributed by atoms with Crippen molar-refractivity contribution in [3.63, 3.8) is 0 Å². The fraction of sp³-hybridized carbons (Fsp3) is 0.294. The summed E-state index contributed by atoms with van der Waals surface area (Å²) in [4.78, 5) is 2.33. The average Bonchev–Trinajstić information content (AvgIpc) is 2.41. The zero-order chi connectivity index (χ0) is 14.5. The summed E-state index contributed by atoms with van der Waals surface area (Å²) in [5.41, 5.74) is 10.9. The molecule has 0 radical (unpaired) electrons. The van der Waals surface area contributed by atoms with Gasteiger partial charge in [0.05, 0.1) is 0 Å². The number of hydrogen-bond acceptors (Lipinski definition) is 2. The summed E-state index contributed by atoms with van der Waals surface area (Å²) in [5.74, 6) is 0. The van der Waals surface area contributed by atoms with E-state index in [1.54, 1.807) is 0 Å². The van der Waals surface area contributed by atoms with Gasteiger partial charge in [0.25, 0.3) is 0 Å². The number of nitrogens with two attached hydrogens (primary N) is 1. The monoisotopic (exact) mass is 332 g/mol. The summed E-state index contributed by atoms with van der Waals surface area (Å²) in [6, 6.07) is 15.0. The van der Waals surface area contributed by atoms with Gasteiger partial charge in [-0.05, 0) is 48.4 Å². The Morgan fingerprint density at radius 3 is 2.50 bits per heavy atom. The molecule has 0 aliphatic rings. The van der Waals surface area contributed by atoms with E-state index in [2.05, 4.69) is 77.3 Å². The van der Waals surface area contributed by atoms with Crippen molar-refractivity contribution in [2.45, 2.75) is 26.6 Å². The van der Waals surface area contributed by atoms with E-state index < -0.39 is 0 Å². The van der Waals surface area contributed by atoms with Gasteiger partial charge in [0.2, 0.25) is 0 Å². The average molecular weight is 333 g/mol. The van der Waals surface area contributed by atoms with Crippen molar-refractivity contribution < 1.29 is 0 Å². The highest BCUT2D eigenvalue weighted by molar-refractivity contribution is 9.10. The van der Waals surface area contributed by atoms with E-state index in [9.17, 15) is 0 Å². The van der Waals surface area contributed by atoms with E-state index in [-0.39, 0.29) is 0 Å². The predicted octanol–water partition coefficient (Wildman–Crippen LogP) is 3.85. The number of nitrogens with zero attached hydrogens (tertiary/aromatic N) is 1. The van der Waals surface area contributed by atoms with Gasteiger partial charge in [-0.3, -0.25) is 4.90 Å². The highest BCUT2D eigenvalue weighted by atomic mass is 79.9. The minimum absolute atomic E-state index is 0.606. The molecule has 0 unspecified atom stereocenters. The molecule has 3 heteroatoms. The molecule has 2 aromatic carbocycles. The second kappa shape index (κ2) is 7.02. The van der Waals surface area contributed by atoms with E-state index >= 15 is 0 Å². The van der Waals surface area contributed by atoms with Crippen LogP contribution in [0.4, 0.5) is 0 Å². The van der Waals surface area contributed by atoms with Crippen molar-refractivity contribution in [2.24, 2.45) is 5.73 Å². The third kappa shape index (κ3) is 4.17. The number of aryl methyl sites for hydroxylation is 1. The van der Waals surface area contributed by atoms with Gasteiger partial charge in [-0.25, -0.2) is 0 Å². The lowest BCUT2D eigenvalue weighted by Crippen LogP contribution is -2.18. The lowest BCUT2D eigenvalue weighted by molar-refractivity contribution is 0.318. The Morgan fingerprint density at radius 1 is 1.05 bits per heavy atom. The zero-order valence-corrected chi connectivity index (χ0v) is 13.7. The van der Waals surface area contributed by atoms with Gasteiger partial charge >= 0.3 is 0 Å². The van der Waals surface area contributed by atoms with Crippen LogP contribution in [0.25, 0.3) is 0 Å². The van der Waals surface area contributed by atoms with Gasteiger partial charge in [0.15, 0.2) is 0 Å². The first kappa shape index (κ1) is 15.2. The fourth-order valence-electron chi connectivity index (χ4n) is 2.36. The summed E-state index contributed by atoms with van der Waals surface area (Å²) in [7, 11) is 2.15. The third-order valence-electron chi connectivity index (χ3n) is 3.42. The van der Waals surface area contributed by atoms with Crippen molar-refractivity contribution >= 4 is 15.9 Å². The molecule has 2 rings (SSSR count). The minimum Gasteiger partial charge on any atom is -0.326 e. The molecule has 106 valence electrons. The van der Waals surface area contributed by atoms with Crippen molar-refractivity contribution in [3.8, 4) is 0 Å². The normalized spacial score (nSPS) is 11.1. The van der Waals surface area contributed by atoms with Crippen molar-refractivity contribution in [3.05, 3.63) is 69.2 Å². The number of benzene rings is 2. The molecular formula is C17H21BrN2. The first-order chi connectivity index (χ1) is 9.58. The van der Waals surface area contributed by atoms with E-state index in [0.29, 0.717) is 6.54 Å². The highest BCUT2D eigenvalue weighted by Gasteiger charge is 2.05. The van der Waals surface area contributed by atoms with E-state index in [4.69, 9.17) is 5.73 Å². The maximum atomic E-state index is 5.67. The van der Waals surface area contributed by atoms with Crippen molar-refractivity contribution in [1.82, 2.24) is 4.90 Å². The summed E-state index contributed by atoms with van der Waals surface area (Å²) in [5, 5.41) is 0. The van der Waals surface area contributed by atoms with Crippen LogP contribution in [0.1, 0.15) is 22.3 Å². The molecule has 0 atom stereocenters. The SMILES string of the molecule is Cc1cc(CN)ccc1CN(C)Cc1cccc(Br)c1. The van der Waals surface area contributed by atoms with Gasteiger partial charge < -0.3 is 5.73 Å². The van der Waals surface area contributed by atoms with Crippen LogP contribution in [-0.4, -0.2) is 11.9 Å². The van der Waals surface area contributed by atoms with Gasteiger partial charge in [0.1, 0.15) is 0 Å². The number of rotatable bonds is 5. The highest BCUT2D eigenvalue weighted by Crippen LogP contribution is 2.16. The molecule has 2 nitrogen and oxygen atoms in total. The van der Waals surface area contributed by atoms with E-state index in [1.807, 2.05) is 0 Å². The van der Waals surface area contributed by atoms with Crippen LogP contribution in [0.15, 0.2) is 46.9 Å². The summed E-state index contributed by atoms with van der Waals surface area (Å²) < 4.78 is 1.13. The van der Waals surface area contributed by atoms with Gasteiger partial charge in [-0.15, -0.1) is 0 Å². The topological polar surface area (TPSA) is 29.3 Å². The molecular weight excluding hydrogens is 312 g/mol. The molecule has 0 amide bonds. The molecule has 0 heterocycles. The van der Waals surface area contributed by atoms with Crippen LogP contribution >= 0.6 is 15.9 Å². The smallest absolute Gasteiger partial charge is 0.0236 e. The van der Waals surface area contributed by atoms with Crippen LogP contribution in [0.3, 0.4) is 0 Å². The van der Waals surface area contributed by atoms with E-state index in [1.165, 1.54) is 22.3 Å². The minimum atomic E-state index is 0.606. The van der Waals surface area contributed by atoms with Crippen molar-refractivity contribution in [2.75, 3.05) is 7.05 Å². The third-order valence-corrected chi connectivity index (χ3v) is 3.92. The molecule has 20 heavy (non-hydrogen) atoms. The second-order valence-corrected chi connectivity index (χ2v) is 6.18. The molecule has 0 fully saturated rings. The Morgan fingerprint density at radius 2 is 1.85 bits per heavy atom.